The van der Waals surface area contributed by atoms with Gasteiger partial charge in [0, 0.05) is 20.8 Å². The second kappa shape index (κ2) is 7.35. The maximum Gasteiger partial charge on any atom is 0.303 e. The van der Waals surface area contributed by atoms with Gasteiger partial charge in [-0.15, -0.1) is 0 Å². The van der Waals surface area contributed by atoms with Crippen molar-refractivity contribution in [2.24, 2.45) is 0 Å². The molecule has 5 atom stereocenters. The summed E-state index contributed by atoms with van der Waals surface area (Å²) in [6.45, 7) is 4.09. The van der Waals surface area contributed by atoms with Crippen LogP contribution in [-0.4, -0.2) is 55.1 Å². The third-order valence-electron chi connectivity index (χ3n) is 2.92. The molecule has 0 spiro atoms. The molecule has 21 heavy (non-hydrogen) atoms. The van der Waals surface area contributed by atoms with Crippen LogP contribution < -0.4 is 0 Å². The highest BCUT2D eigenvalue weighted by Crippen LogP contribution is 2.28. The van der Waals surface area contributed by atoms with Gasteiger partial charge >= 0.3 is 17.9 Å². The van der Waals surface area contributed by atoms with Gasteiger partial charge in [-0.2, -0.15) is 0 Å². The van der Waals surface area contributed by atoms with Gasteiger partial charge in [0.25, 0.3) is 0 Å². The van der Waals surface area contributed by atoms with E-state index in [0.717, 1.165) is 13.8 Å². The number of rotatable bonds is 4. The molecule has 0 aromatic rings. The fourth-order valence-electron chi connectivity index (χ4n) is 2.24. The van der Waals surface area contributed by atoms with Gasteiger partial charge in [0.05, 0.1) is 6.10 Å². The molecule has 0 aliphatic carbocycles. The molecule has 0 amide bonds. The summed E-state index contributed by atoms with van der Waals surface area (Å²) in [6.07, 6.45) is -5.11. The van der Waals surface area contributed by atoms with Gasteiger partial charge in [0.1, 0.15) is 12.8 Å². The van der Waals surface area contributed by atoms with Crippen molar-refractivity contribution in [1.82, 2.24) is 0 Å². The van der Waals surface area contributed by atoms with Gasteiger partial charge in [-0.05, 0) is 6.92 Å². The lowest BCUT2D eigenvalue weighted by molar-refractivity contribution is -0.245. The molecule has 1 aliphatic rings. The highest BCUT2D eigenvalue weighted by atomic mass is 19.1. The molecule has 8 heteroatoms. The van der Waals surface area contributed by atoms with Crippen molar-refractivity contribution < 1.29 is 37.7 Å². The van der Waals surface area contributed by atoms with Gasteiger partial charge in [-0.1, -0.05) is 0 Å². The Bertz CT molecular complexity index is 411. The molecule has 0 radical (unpaired) electrons. The molecule has 1 heterocycles. The van der Waals surface area contributed by atoms with Crippen molar-refractivity contribution in [3.63, 3.8) is 0 Å². The molecule has 1 aliphatic heterocycles. The number of ether oxygens (including phenoxy) is 4. The highest BCUT2D eigenvalue weighted by molar-refractivity contribution is 5.68. The van der Waals surface area contributed by atoms with E-state index in [1.165, 1.54) is 6.92 Å². The maximum absolute atomic E-state index is 13.1. The second-order valence-electron chi connectivity index (χ2n) is 4.76. The average molecular weight is 306 g/mol. The van der Waals surface area contributed by atoms with E-state index in [-0.39, 0.29) is 0 Å². The van der Waals surface area contributed by atoms with E-state index < -0.39 is 55.1 Å². The summed E-state index contributed by atoms with van der Waals surface area (Å²) in [5.41, 5.74) is 0. The number of hydrogen-bond donors (Lipinski definition) is 0. The minimum atomic E-state index is -1.18. The quantitative estimate of drug-likeness (QED) is 0.553. The SMILES string of the molecule is CC(=O)OC1[C@H](OC(C)=O)C(C)OC(CF)[C@@H]1OC(C)=O. The second-order valence-corrected chi connectivity index (χ2v) is 4.76. The summed E-state index contributed by atoms with van der Waals surface area (Å²) in [7, 11) is 0. The molecular formula is C13H19FO7. The van der Waals surface area contributed by atoms with Gasteiger partial charge in [-0.25, -0.2) is 4.39 Å². The number of carbonyl (C=O) groups excluding carboxylic acids is 3. The molecule has 0 saturated carbocycles. The van der Waals surface area contributed by atoms with E-state index in [2.05, 4.69) is 0 Å². The van der Waals surface area contributed by atoms with Crippen molar-refractivity contribution in [3.8, 4) is 0 Å². The van der Waals surface area contributed by atoms with Crippen LogP contribution in [0.4, 0.5) is 4.39 Å². The summed E-state index contributed by atoms with van der Waals surface area (Å²) >= 11 is 0. The number of halogens is 1. The van der Waals surface area contributed by atoms with E-state index in [1.807, 2.05) is 0 Å². The summed E-state index contributed by atoms with van der Waals surface area (Å²) in [5, 5.41) is 0. The van der Waals surface area contributed by atoms with Crippen molar-refractivity contribution >= 4 is 17.9 Å². The predicted molar refractivity (Wildman–Crippen MR) is 67.0 cm³/mol. The van der Waals surface area contributed by atoms with Crippen LogP contribution in [0.25, 0.3) is 0 Å². The maximum atomic E-state index is 13.1. The van der Waals surface area contributed by atoms with Crippen LogP contribution in [0.3, 0.4) is 0 Å². The Kier molecular flexibility index (Phi) is 6.07. The highest BCUT2D eigenvalue weighted by Gasteiger charge is 2.50. The monoisotopic (exact) mass is 306 g/mol. The van der Waals surface area contributed by atoms with E-state index in [4.69, 9.17) is 18.9 Å². The van der Waals surface area contributed by atoms with E-state index in [1.54, 1.807) is 6.92 Å². The first-order chi connectivity index (χ1) is 9.76. The largest absolute Gasteiger partial charge is 0.456 e. The summed E-state index contributed by atoms with van der Waals surface area (Å²) in [4.78, 5) is 33.6. The van der Waals surface area contributed by atoms with E-state index in [9.17, 15) is 18.8 Å². The Morgan fingerprint density at radius 1 is 0.905 bits per heavy atom. The van der Waals surface area contributed by atoms with Gasteiger partial charge in [0.15, 0.2) is 18.3 Å². The fraction of sp³-hybridized carbons (Fsp3) is 0.769. The Hall–Kier alpha value is -1.70. The minimum absolute atomic E-state index is 0.618. The van der Waals surface area contributed by atoms with E-state index in [0.29, 0.717) is 0 Å². The van der Waals surface area contributed by atoms with Crippen molar-refractivity contribution in [1.29, 1.82) is 0 Å². The summed E-state index contributed by atoms with van der Waals surface area (Å²) < 4.78 is 33.6. The lowest BCUT2D eigenvalue weighted by atomic mass is 9.95. The first-order valence-corrected chi connectivity index (χ1v) is 6.49. The normalized spacial score (nSPS) is 32.1. The van der Waals surface area contributed by atoms with Crippen molar-refractivity contribution in [3.05, 3.63) is 0 Å². The average Bonchev–Trinajstić information content (AvgIpc) is 2.35. The molecule has 120 valence electrons. The van der Waals surface area contributed by atoms with Crippen LogP contribution in [0.2, 0.25) is 0 Å². The van der Waals surface area contributed by atoms with Crippen molar-refractivity contribution in [2.45, 2.75) is 58.2 Å². The minimum Gasteiger partial charge on any atom is -0.456 e. The van der Waals surface area contributed by atoms with Gasteiger partial charge in [-0.3, -0.25) is 14.4 Å². The van der Waals surface area contributed by atoms with Crippen LogP contribution in [0.1, 0.15) is 27.7 Å². The zero-order valence-electron chi connectivity index (χ0n) is 12.3. The Morgan fingerprint density at radius 3 is 1.76 bits per heavy atom. The number of carbonyl (C=O) groups is 3. The van der Waals surface area contributed by atoms with Crippen LogP contribution >= 0.6 is 0 Å². The molecular weight excluding hydrogens is 287 g/mol. The first kappa shape index (κ1) is 17.4. The van der Waals surface area contributed by atoms with Crippen LogP contribution in [-0.2, 0) is 33.3 Å². The lowest BCUT2D eigenvalue weighted by Crippen LogP contribution is -2.61. The lowest BCUT2D eigenvalue weighted by Gasteiger charge is -2.42. The van der Waals surface area contributed by atoms with Crippen LogP contribution in [0.15, 0.2) is 0 Å². The first-order valence-electron chi connectivity index (χ1n) is 6.49. The number of hydrogen-bond acceptors (Lipinski definition) is 7. The van der Waals surface area contributed by atoms with Crippen LogP contribution in [0, 0.1) is 0 Å². The molecule has 0 aromatic heterocycles. The zero-order valence-corrected chi connectivity index (χ0v) is 12.3. The van der Waals surface area contributed by atoms with E-state index >= 15 is 0 Å². The predicted octanol–water partition coefficient (Wildman–Crippen LogP) is 0.538. The Labute approximate surface area is 121 Å². The van der Waals surface area contributed by atoms with Gasteiger partial charge < -0.3 is 18.9 Å². The molecule has 3 unspecified atom stereocenters. The molecule has 7 nitrogen and oxygen atoms in total. The fourth-order valence-corrected chi connectivity index (χ4v) is 2.24. The molecule has 0 N–H and O–H groups in total. The Balaban J connectivity index is 3.08. The summed E-state index contributed by atoms with van der Waals surface area (Å²) in [6, 6.07) is 0. The molecule has 0 aromatic carbocycles. The molecule has 1 saturated heterocycles. The molecule has 1 rings (SSSR count). The molecule has 1 fully saturated rings. The zero-order chi connectivity index (χ0) is 16.2. The van der Waals surface area contributed by atoms with Crippen LogP contribution in [0.5, 0.6) is 0 Å². The number of alkyl halides is 1. The topological polar surface area (TPSA) is 88.1 Å². The van der Waals surface area contributed by atoms with Gasteiger partial charge in [0.2, 0.25) is 0 Å². The van der Waals surface area contributed by atoms with Crippen molar-refractivity contribution in [2.75, 3.05) is 6.67 Å². The molecule has 0 bridgehead atoms. The smallest absolute Gasteiger partial charge is 0.303 e. The number of esters is 3. The standard InChI is InChI=1S/C13H19FO7/c1-6-11(19-7(2)15)13(21-9(4)17)12(20-8(3)16)10(5-14)18-6/h6,10-13H,5H2,1-4H3/t6?,10?,11-,12+,13?/m1/s1. The summed E-state index contributed by atoms with van der Waals surface area (Å²) in [5.74, 6) is -1.97. The third kappa shape index (κ3) is 4.66. The Morgan fingerprint density at radius 2 is 1.33 bits per heavy atom. The third-order valence-corrected chi connectivity index (χ3v) is 2.92.